The van der Waals surface area contributed by atoms with E-state index >= 15 is 0 Å². The molecule has 2 rings (SSSR count). The molecular formula is C15H18ClNO5. The molecule has 1 aromatic carbocycles. The molecule has 0 unspecified atom stereocenters. The van der Waals surface area contributed by atoms with Crippen LogP contribution in [-0.4, -0.2) is 38.2 Å². The number of hydrogen-bond acceptors (Lipinski definition) is 5. The van der Waals surface area contributed by atoms with Crippen molar-refractivity contribution in [3.05, 3.63) is 22.7 Å². The van der Waals surface area contributed by atoms with Crippen molar-refractivity contribution in [2.45, 2.75) is 25.8 Å². The van der Waals surface area contributed by atoms with Crippen molar-refractivity contribution in [1.29, 1.82) is 0 Å². The van der Waals surface area contributed by atoms with Gasteiger partial charge in [0.2, 0.25) is 0 Å². The third kappa shape index (κ3) is 4.27. The molecule has 1 aromatic rings. The number of rotatable bonds is 7. The van der Waals surface area contributed by atoms with Gasteiger partial charge in [-0.25, -0.2) is 4.79 Å². The molecule has 0 atom stereocenters. The molecule has 1 N–H and O–H groups in total. The van der Waals surface area contributed by atoms with Gasteiger partial charge in [0.1, 0.15) is 0 Å². The Hall–Kier alpha value is -1.95. The van der Waals surface area contributed by atoms with E-state index in [2.05, 4.69) is 5.32 Å². The number of halogens is 1. The fourth-order valence-electron chi connectivity index (χ4n) is 1.83. The van der Waals surface area contributed by atoms with Gasteiger partial charge >= 0.3 is 5.97 Å². The first kappa shape index (κ1) is 16.4. The molecule has 0 spiro atoms. The lowest BCUT2D eigenvalue weighted by Gasteiger charge is -2.13. The first-order chi connectivity index (χ1) is 10.5. The molecule has 120 valence electrons. The van der Waals surface area contributed by atoms with Crippen LogP contribution in [0.5, 0.6) is 11.5 Å². The lowest BCUT2D eigenvalue weighted by atomic mass is 10.2. The fourth-order valence-corrected chi connectivity index (χ4v) is 2.10. The predicted octanol–water partition coefficient (Wildman–Crippen LogP) is 2.18. The van der Waals surface area contributed by atoms with Crippen LogP contribution < -0.4 is 14.8 Å². The molecule has 0 radical (unpaired) electrons. The summed E-state index contributed by atoms with van der Waals surface area (Å²) in [5.41, 5.74) is 0.199. The quantitative estimate of drug-likeness (QED) is 0.777. The second-order valence-electron chi connectivity index (χ2n) is 4.84. The topological polar surface area (TPSA) is 73.9 Å². The van der Waals surface area contributed by atoms with Gasteiger partial charge in [0.05, 0.1) is 24.3 Å². The van der Waals surface area contributed by atoms with Crippen LogP contribution in [0.3, 0.4) is 0 Å². The molecule has 22 heavy (non-hydrogen) atoms. The molecule has 0 saturated heterocycles. The standard InChI is InChI=1S/C15H18ClNO5/c1-3-21-14-11(16)6-9(7-12(14)20-2)15(19)22-8-13(18)17-10-4-5-10/h6-7,10H,3-5,8H2,1-2H3,(H,17,18). The van der Waals surface area contributed by atoms with Gasteiger partial charge in [0.15, 0.2) is 18.1 Å². The summed E-state index contributed by atoms with van der Waals surface area (Å²) in [4.78, 5) is 23.5. The summed E-state index contributed by atoms with van der Waals surface area (Å²) in [6.45, 7) is 1.92. The van der Waals surface area contributed by atoms with Crippen molar-refractivity contribution in [1.82, 2.24) is 5.32 Å². The number of carbonyl (C=O) groups excluding carboxylic acids is 2. The highest BCUT2D eigenvalue weighted by atomic mass is 35.5. The Kier molecular flexibility index (Phi) is 5.49. The summed E-state index contributed by atoms with van der Waals surface area (Å²) in [6.07, 6.45) is 1.96. The van der Waals surface area contributed by atoms with Gasteiger partial charge in [0, 0.05) is 6.04 Å². The van der Waals surface area contributed by atoms with E-state index in [1.54, 1.807) is 0 Å². The minimum absolute atomic E-state index is 0.199. The molecule has 1 amide bonds. The monoisotopic (exact) mass is 327 g/mol. The van der Waals surface area contributed by atoms with E-state index in [-0.39, 0.29) is 29.1 Å². The molecule has 6 nitrogen and oxygen atoms in total. The molecule has 1 aliphatic carbocycles. The van der Waals surface area contributed by atoms with Crippen LogP contribution >= 0.6 is 11.6 Å². The zero-order chi connectivity index (χ0) is 16.1. The van der Waals surface area contributed by atoms with Crippen molar-refractivity contribution in [2.75, 3.05) is 20.3 Å². The highest BCUT2D eigenvalue weighted by Gasteiger charge is 2.24. The van der Waals surface area contributed by atoms with Crippen LogP contribution in [0.2, 0.25) is 5.02 Å². The number of esters is 1. The summed E-state index contributed by atoms with van der Waals surface area (Å²) in [5.74, 6) is -0.243. The smallest absolute Gasteiger partial charge is 0.338 e. The van der Waals surface area contributed by atoms with Crippen LogP contribution in [0.4, 0.5) is 0 Å². The number of carbonyl (C=O) groups is 2. The molecule has 0 aliphatic heterocycles. The highest BCUT2D eigenvalue weighted by molar-refractivity contribution is 6.32. The molecule has 0 bridgehead atoms. The van der Waals surface area contributed by atoms with E-state index in [1.807, 2.05) is 6.92 Å². The Morgan fingerprint density at radius 2 is 2.09 bits per heavy atom. The van der Waals surface area contributed by atoms with E-state index in [9.17, 15) is 9.59 Å². The molecule has 1 fully saturated rings. The fraction of sp³-hybridized carbons (Fsp3) is 0.467. The Labute approximate surface area is 133 Å². The number of nitrogens with one attached hydrogen (secondary N) is 1. The molecule has 7 heteroatoms. The lowest BCUT2D eigenvalue weighted by Crippen LogP contribution is -2.30. The van der Waals surface area contributed by atoms with Gasteiger partial charge in [-0.05, 0) is 31.9 Å². The largest absolute Gasteiger partial charge is 0.493 e. The van der Waals surface area contributed by atoms with Gasteiger partial charge < -0.3 is 19.5 Å². The Morgan fingerprint density at radius 3 is 2.68 bits per heavy atom. The van der Waals surface area contributed by atoms with Gasteiger partial charge in [-0.15, -0.1) is 0 Å². The average Bonchev–Trinajstić information content (AvgIpc) is 3.30. The predicted molar refractivity (Wildman–Crippen MR) is 80.6 cm³/mol. The molecular weight excluding hydrogens is 310 g/mol. The Morgan fingerprint density at radius 1 is 1.36 bits per heavy atom. The van der Waals surface area contributed by atoms with E-state index in [0.29, 0.717) is 18.1 Å². The Bertz CT molecular complexity index is 571. The second-order valence-corrected chi connectivity index (χ2v) is 5.25. The maximum absolute atomic E-state index is 12.0. The first-order valence-electron chi connectivity index (χ1n) is 7.02. The van der Waals surface area contributed by atoms with Crippen molar-refractivity contribution < 1.29 is 23.8 Å². The average molecular weight is 328 g/mol. The van der Waals surface area contributed by atoms with E-state index in [4.69, 9.17) is 25.8 Å². The number of benzene rings is 1. The minimum Gasteiger partial charge on any atom is -0.493 e. The van der Waals surface area contributed by atoms with Crippen molar-refractivity contribution >= 4 is 23.5 Å². The van der Waals surface area contributed by atoms with E-state index < -0.39 is 5.97 Å². The van der Waals surface area contributed by atoms with Crippen LogP contribution in [0, 0.1) is 0 Å². The number of ether oxygens (including phenoxy) is 3. The van der Waals surface area contributed by atoms with E-state index in [1.165, 1.54) is 19.2 Å². The maximum Gasteiger partial charge on any atom is 0.338 e. The summed E-state index contributed by atoms with van der Waals surface area (Å²) >= 11 is 6.08. The summed E-state index contributed by atoms with van der Waals surface area (Å²) < 4.78 is 15.5. The van der Waals surface area contributed by atoms with E-state index in [0.717, 1.165) is 12.8 Å². The lowest BCUT2D eigenvalue weighted by molar-refractivity contribution is -0.124. The SMILES string of the molecule is CCOc1c(Cl)cc(C(=O)OCC(=O)NC2CC2)cc1OC. The minimum atomic E-state index is -0.644. The normalized spacial score (nSPS) is 13.4. The molecule has 0 heterocycles. The van der Waals surface area contributed by atoms with Crippen molar-refractivity contribution in [3.63, 3.8) is 0 Å². The zero-order valence-corrected chi connectivity index (χ0v) is 13.2. The van der Waals surface area contributed by atoms with Gasteiger partial charge in [-0.1, -0.05) is 11.6 Å². The van der Waals surface area contributed by atoms with Gasteiger partial charge in [-0.3, -0.25) is 4.79 Å². The Balaban J connectivity index is 2.02. The molecule has 0 aromatic heterocycles. The van der Waals surface area contributed by atoms with Gasteiger partial charge in [-0.2, -0.15) is 0 Å². The number of methoxy groups -OCH3 is 1. The zero-order valence-electron chi connectivity index (χ0n) is 12.5. The maximum atomic E-state index is 12.0. The third-order valence-corrected chi connectivity index (χ3v) is 3.31. The number of hydrogen-bond donors (Lipinski definition) is 1. The van der Waals surface area contributed by atoms with Crippen LogP contribution in [0.1, 0.15) is 30.1 Å². The number of amides is 1. The molecule has 1 saturated carbocycles. The van der Waals surface area contributed by atoms with Crippen molar-refractivity contribution in [2.24, 2.45) is 0 Å². The summed E-state index contributed by atoms with van der Waals surface area (Å²) in [5, 5.41) is 2.98. The van der Waals surface area contributed by atoms with Gasteiger partial charge in [0.25, 0.3) is 5.91 Å². The summed E-state index contributed by atoms with van der Waals surface area (Å²) in [7, 11) is 1.45. The third-order valence-electron chi connectivity index (χ3n) is 3.03. The summed E-state index contributed by atoms with van der Waals surface area (Å²) in [6, 6.07) is 3.13. The van der Waals surface area contributed by atoms with Crippen LogP contribution in [-0.2, 0) is 9.53 Å². The molecule has 1 aliphatic rings. The first-order valence-corrected chi connectivity index (χ1v) is 7.39. The van der Waals surface area contributed by atoms with Crippen molar-refractivity contribution in [3.8, 4) is 11.5 Å². The second kappa shape index (κ2) is 7.35. The highest BCUT2D eigenvalue weighted by Crippen LogP contribution is 2.36. The van der Waals surface area contributed by atoms with Crippen LogP contribution in [0.15, 0.2) is 12.1 Å². The van der Waals surface area contributed by atoms with Crippen LogP contribution in [0.25, 0.3) is 0 Å².